The molecule has 3 saturated carbocycles. The Morgan fingerprint density at radius 3 is 2.59 bits per heavy atom. The Morgan fingerprint density at radius 2 is 1.91 bits per heavy atom. The number of carbonyl (C=O) groups is 3. The summed E-state index contributed by atoms with van der Waals surface area (Å²) in [6.45, 7) is 5.48. The molecule has 0 aromatic rings. The van der Waals surface area contributed by atoms with Crippen molar-refractivity contribution in [2.75, 3.05) is 13.2 Å². The molecule has 0 aromatic heterocycles. The van der Waals surface area contributed by atoms with Crippen LogP contribution in [0.5, 0.6) is 0 Å². The van der Waals surface area contributed by atoms with Crippen molar-refractivity contribution in [2.45, 2.75) is 78.2 Å². The zero-order valence-electron chi connectivity index (χ0n) is 20.5. The molecule has 0 bridgehead atoms. The third kappa shape index (κ3) is 4.30. The van der Waals surface area contributed by atoms with E-state index in [1.807, 2.05) is 0 Å². The van der Waals surface area contributed by atoms with Gasteiger partial charge < -0.3 is 20.4 Å². The molecule has 0 radical (unpaired) electrons. The Balaban J connectivity index is 1.41. The predicted molar refractivity (Wildman–Crippen MR) is 126 cm³/mol. The van der Waals surface area contributed by atoms with E-state index in [0.717, 1.165) is 44.2 Å². The first-order valence-corrected chi connectivity index (χ1v) is 12.6. The molecular formula is C26H38N2O6. The average Bonchev–Trinajstić information content (AvgIpc) is 3.15. The van der Waals surface area contributed by atoms with Crippen LogP contribution in [0.3, 0.4) is 0 Å². The molecule has 8 nitrogen and oxygen atoms in total. The van der Waals surface area contributed by atoms with Crippen molar-refractivity contribution in [1.82, 2.24) is 5.32 Å². The van der Waals surface area contributed by atoms with Crippen LogP contribution in [0, 0.1) is 34.5 Å². The van der Waals surface area contributed by atoms with Crippen molar-refractivity contribution in [3.8, 4) is 0 Å². The van der Waals surface area contributed by atoms with Crippen molar-refractivity contribution in [2.24, 2.45) is 39.7 Å². The zero-order chi connectivity index (χ0) is 24.7. The summed E-state index contributed by atoms with van der Waals surface area (Å²) in [7, 11) is 0. The fraction of sp³-hybridized carbons (Fsp3) is 0.769. The standard InChI is InChI=1S/C26H38N2O6/c1-15(30)19-6-7-20-18-5-4-16-12-17(28-34-14-23(31)27-22(13-29)24(32)33)8-10-25(16,2)21(18)9-11-26(19,20)3/h12,18-22,29H,4-11,13-14H2,1-3H3,(H,27,31)(H,32,33)/b28-17-/t18-,19+,20-,21-,22+,25-,26+/m0/s1. The van der Waals surface area contributed by atoms with Crippen LogP contribution in [0.25, 0.3) is 0 Å². The van der Waals surface area contributed by atoms with Crippen molar-refractivity contribution < 1.29 is 29.4 Å². The van der Waals surface area contributed by atoms with E-state index < -0.39 is 31.1 Å². The average molecular weight is 475 g/mol. The van der Waals surface area contributed by atoms with Gasteiger partial charge in [0.25, 0.3) is 5.91 Å². The summed E-state index contributed by atoms with van der Waals surface area (Å²) < 4.78 is 0. The summed E-state index contributed by atoms with van der Waals surface area (Å²) in [6.07, 6.45) is 10.6. The smallest absolute Gasteiger partial charge is 0.328 e. The number of amides is 1. The molecule has 0 aromatic carbocycles. The van der Waals surface area contributed by atoms with Crippen LogP contribution >= 0.6 is 0 Å². The minimum absolute atomic E-state index is 0.144. The second-order valence-corrected chi connectivity index (χ2v) is 11.3. The number of carbonyl (C=O) groups excluding carboxylic acids is 2. The summed E-state index contributed by atoms with van der Waals surface area (Å²) >= 11 is 0. The van der Waals surface area contributed by atoms with Gasteiger partial charge in [0, 0.05) is 5.92 Å². The first-order valence-electron chi connectivity index (χ1n) is 12.6. The van der Waals surface area contributed by atoms with Crippen LogP contribution in [0.1, 0.15) is 72.1 Å². The highest BCUT2D eigenvalue weighted by molar-refractivity contribution is 5.96. The number of fused-ring (bicyclic) bond motifs is 5. The molecule has 1 amide bonds. The third-order valence-electron chi connectivity index (χ3n) is 9.66. The number of rotatable bonds is 7. The van der Waals surface area contributed by atoms with Gasteiger partial charge in [-0.2, -0.15) is 0 Å². The lowest BCUT2D eigenvalue weighted by Crippen LogP contribution is -2.51. The van der Waals surface area contributed by atoms with Gasteiger partial charge in [-0.3, -0.25) is 9.59 Å². The molecule has 4 aliphatic rings. The third-order valence-corrected chi connectivity index (χ3v) is 9.66. The number of aliphatic carboxylic acids is 1. The highest BCUT2D eigenvalue weighted by atomic mass is 16.6. The number of ketones is 1. The van der Waals surface area contributed by atoms with E-state index in [0.29, 0.717) is 23.5 Å². The van der Waals surface area contributed by atoms with Crippen molar-refractivity contribution in [3.05, 3.63) is 11.6 Å². The lowest BCUT2D eigenvalue weighted by Gasteiger charge is -2.58. The first-order chi connectivity index (χ1) is 16.1. The molecule has 4 aliphatic carbocycles. The number of carboxylic acids is 1. The maximum atomic E-state index is 12.3. The minimum atomic E-state index is -1.35. The number of aliphatic hydroxyl groups excluding tert-OH is 1. The lowest BCUT2D eigenvalue weighted by atomic mass is 9.46. The molecule has 3 N–H and O–H groups in total. The van der Waals surface area contributed by atoms with Gasteiger partial charge in [-0.25, -0.2) is 4.79 Å². The van der Waals surface area contributed by atoms with Crippen molar-refractivity contribution >= 4 is 23.4 Å². The van der Waals surface area contributed by atoms with Gasteiger partial charge in [-0.1, -0.05) is 24.6 Å². The highest BCUT2D eigenvalue weighted by Crippen LogP contribution is 2.66. The molecule has 0 spiro atoms. The second-order valence-electron chi connectivity index (χ2n) is 11.3. The van der Waals surface area contributed by atoms with Gasteiger partial charge in [-0.05, 0) is 93.0 Å². The molecule has 3 fully saturated rings. The Labute approximate surface area is 201 Å². The number of oxime groups is 1. The number of allylic oxidation sites excluding steroid dienone is 2. The number of carboxylic acid groups (broad SMARTS) is 1. The fourth-order valence-electron chi connectivity index (χ4n) is 7.91. The molecule has 8 heteroatoms. The maximum absolute atomic E-state index is 12.3. The summed E-state index contributed by atoms with van der Waals surface area (Å²) in [5.74, 6) is 0.619. The van der Waals surface area contributed by atoms with Crippen molar-refractivity contribution in [1.29, 1.82) is 0 Å². The molecule has 188 valence electrons. The predicted octanol–water partition coefficient (Wildman–Crippen LogP) is 3.09. The number of nitrogens with one attached hydrogen (secondary N) is 1. The highest BCUT2D eigenvalue weighted by Gasteiger charge is 2.59. The number of Topliss-reactive ketones (excluding diaryl/α,β-unsaturated/α-hetero) is 1. The van der Waals surface area contributed by atoms with E-state index in [1.54, 1.807) is 6.92 Å². The normalized spacial score (nSPS) is 38.7. The van der Waals surface area contributed by atoms with E-state index in [-0.39, 0.29) is 16.7 Å². The number of aliphatic hydroxyl groups is 1. The zero-order valence-corrected chi connectivity index (χ0v) is 20.5. The monoisotopic (exact) mass is 474 g/mol. The molecule has 0 saturated heterocycles. The van der Waals surface area contributed by atoms with E-state index in [9.17, 15) is 14.4 Å². The maximum Gasteiger partial charge on any atom is 0.328 e. The molecule has 4 rings (SSSR count). The molecule has 0 heterocycles. The summed E-state index contributed by atoms with van der Waals surface area (Å²) in [4.78, 5) is 40.3. The SMILES string of the molecule is CC(=O)[C@H]1CC[C@H]2[C@@H]3CCC4=C/C(=N\OCC(=O)N[C@H](CO)C(=O)O)CC[C@]4(C)[C@H]3CC[C@]12C. The summed E-state index contributed by atoms with van der Waals surface area (Å²) in [5.41, 5.74) is 2.54. The van der Waals surface area contributed by atoms with Gasteiger partial charge in [-0.15, -0.1) is 0 Å². The van der Waals surface area contributed by atoms with Crippen LogP contribution in [0.2, 0.25) is 0 Å². The van der Waals surface area contributed by atoms with Crippen molar-refractivity contribution in [3.63, 3.8) is 0 Å². The van der Waals surface area contributed by atoms with Crippen LogP contribution < -0.4 is 5.32 Å². The molecule has 7 atom stereocenters. The number of nitrogens with zero attached hydrogens (tertiary/aromatic N) is 1. The fourth-order valence-corrected chi connectivity index (χ4v) is 7.91. The van der Waals surface area contributed by atoms with E-state index in [1.165, 1.54) is 18.4 Å². The van der Waals surface area contributed by atoms with E-state index in [4.69, 9.17) is 15.1 Å². The topological polar surface area (TPSA) is 125 Å². The van der Waals surface area contributed by atoms with Gasteiger partial charge in [0.2, 0.25) is 0 Å². The quantitative estimate of drug-likeness (QED) is 0.487. The summed E-state index contributed by atoms with van der Waals surface area (Å²) in [5, 5.41) is 24.3. The van der Waals surface area contributed by atoms with E-state index in [2.05, 4.69) is 30.4 Å². The van der Waals surface area contributed by atoms with Gasteiger partial charge in [0.1, 0.15) is 11.8 Å². The lowest BCUT2D eigenvalue weighted by molar-refractivity contribution is -0.143. The largest absolute Gasteiger partial charge is 0.480 e. The number of hydrogen-bond donors (Lipinski definition) is 3. The van der Waals surface area contributed by atoms with Gasteiger partial charge in [0.15, 0.2) is 6.61 Å². The molecular weight excluding hydrogens is 436 g/mol. The van der Waals surface area contributed by atoms with Gasteiger partial charge >= 0.3 is 5.97 Å². The Morgan fingerprint density at radius 1 is 1.15 bits per heavy atom. The van der Waals surface area contributed by atoms with Gasteiger partial charge in [0.05, 0.1) is 12.3 Å². The van der Waals surface area contributed by atoms with Crippen LogP contribution in [0.4, 0.5) is 0 Å². The molecule has 34 heavy (non-hydrogen) atoms. The van der Waals surface area contributed by atoms with Crippen LogP contribution in [-0.2, 0) is 19.2 Å². The summed E-state index contributed by atoms with van der Waals surface area (Å²) in [6, 6.07) is -1.35. The Bertz CT molecular complexity index is 913. The Kier molecular flexibility index (Phi) is 6.91. The van der Waals surface area contributed by atoms with E-state index >= 15 is 0 Å². The Hall–Kier alpha value is -2.22. The first kappa shape index (κ1) is 24.9. The second kappa shape index (κ2) is 9.44. The molecule has 0 aliphatic heterocycles. The van der Waals surface area contributed by atoms with Crippen LogP contribution in [-0.4, -0.2) is 52.8 Å². The number of hydrogen-bond acceptors (Lipinski definition) is 6. The molecule has 0 unspecified atom stereocenters. The minimum Gasteiger partial charge on any atom is -0.480 e. The van der Waals surface area contributed by atoms with Crippen LogP contribution in [0.15, 0.2) is 16.8 Å².